The van der Waals surface area contributed by atoms with Crippen LogP contribution in [0.15, 0.2) is 36.4 Å². The van der Waals surface area contributed by atoms with E-state index < -0.39 is 0 Å². The van der Waals surface area contributed by atoms with Gasteiger partial charge in [0.15, 0.2) is 0 Å². The van der Waals surface area contributed by atoms with Crippen LogP contribution >= 0.6 is 23.2 Å². The zero-order chi connectivity index (χ0) is 14.8. The van der Waals surface area contributed by atoms with Crippen LogP contribution in [-0.2, 0) is 6.42 Å². The van der Waals surface area contributed by atoms with Gasteiger partial charge in [0.1, 0.15) is 11.9 Å². The predicted octanol–water partition coefficient (Wildman–Crippen LogP) is 4.57. The average Bonchev–Trinajstić information content (AvgIpc) is 2.49. The molecule has 0 spiro atoms. The fourth-order valence-corrected chi connectivity index (χ4v) is 3.14. The smallest absolute Gasteiger partial charge is 0.130 e. The SMILES string of the molecule is CNC[C@@H]1CCc2cccc(-c3cc(Cl)ccc3Cl)c2O1. The number of likely N-dealkylation sites (N-methyl/N-ethyl adjacent to an activating group) is 1. The number of ether oxygens (including phenoxy) is 1. The minimum Gasteiger partial charge on any atom is -0.488 e. The molecule has 2 aromatic carbocycles. The number of halogens is 2. The molecule has 0 bridgehead atoms. The van der Waals surface area contributed by atoms with Gasteiger partial charge in [-0.2, -0.15) is 0 Å². The monoisotopic (exact) mass is 321 g/mol. The van der Waals surface area contributed by atoms with Gasteiger partial charge in [-0.3, -0.25) is 0 Å². The molecule has 21 heavy (non-hydrogen) atoms. The minimum absolute atomic E-state index is 0.196. The van der Waals surface area contributed by atoms with E-state index in [1.807, 2.05) is 31.3 Å². The Balaban J connectivity index is 2.06. The van der Waals surface area contributed by atoms with Crippen LogP contribution in [0.2, 0.25) is 10.0 Å². The first-order valence-corrected chi connectivity index (χ1v) is 7.83. The first kappa shape index (κ1) is 14.7. The van der Waals surface area contributed by atoms with E-state index in [2.05, 4.69) is 11.4 Å². The number of fused-ring (bicyclic) bond motifs is 1. The quantitative estimate of drug-likeness (QED) is 0.893. The number of para-hydroxylation sites is 1. The number of rotatable bonds is 3. The topological polar surface area (TPSA) is 21.3 Å². The Kier molecular flexibility index (Phi) is 4.39. The lowest BCUT2D eigenvalue weighted by molar-refractivity contribution is 0.174. The maximum Gasteiger partial charge on any atom is 0.130 e. The van der Waals surface area contributed by atoms with Crippen LogP contribution in [0.3, 0.4) is 0 Å². The molecule has 0 fully saturated rings. The molecule has 2 nitrogen and oxygen atoms in total. The van der Waals surface area contributed by atoms with Crippen molar-refractivity contribution in [3.63, 3.8) is 0 Å². The number of benzene rings is 2. The maximum absolute atomic E-state index is 6.34. The Labute approximate surface area is 135 Å². The lowest BCUT2D eigenvalue weighted by atomic mass is 9.95. The first-order chi connectivity index (χ1) is 10.2. The summed E-state index contributed by atoms with van der Waals surface area (Å²) in [6, 6.07) is 11.7. The third kappa shape index (κ3) is 3.03. The van der Waals surface area contributed by atoms with Gasteiger partial charge < -0.3 is 10.1 Å². The van der Waals surface area contributed by atoms with Crippen LogP contribution in [0.1, 0.15) is 12.0 Å². The van der Waals surface area contributed by atoms with E-state index in [0.717, 1.165) is 36.3 Å². The number of nitrogens with one attached hydrogen (secondary N) is 1. The van der Waals surface area contributed by atoms with Crippen molar-refractivity contribution in [1.29, 1.82) is 0 Å². The third-order valence-corrected chi connectivity index (χ3v) is 4.33. The second-order valence-corrected chi connectivity index (χ2v) is 6.10. The summed E-state index contributed by atoms with van der Waals surface area (Å²) in [6.07, 6.45) is 2.25. The molecule has 1 atom stereocenters. The van der Waals surface area contributed by atoms with Gasteiger partial charge in [-0.1, -0.05) is 41.4 Å². The van der Waals surface area contributed by atoms with Crippen LogP contribution in [-0.4, -0.2) is 19.7 Å². The fourth-order valence-electron chi connectivity index (χ4n) is 2.75. The standard InChI is InChI=1S/C17H17Cl2NO/c1-20-10-13-7-5-11-3-2-4-14(17(11)21-13)15-9-12(18)6-8-16(15)19/h2-4,6,8-9,13,20H,5,7,10H2,1H3/t13-/m0/s1. The highest BCUT2D eigenvalue weighted by Crippen LogP contribution is 2.41. The van der Waals surface area contributed by atoms with E-state index in [0.29, 0.717) is 10.0 Å². The zero-order valence-electron chi connectivity index (χ0n) is 11.8. The van der Waals surface area contributed by atoms with Crippen LogP contribution in [0.4, 0.5) is 0 Å². The van der Waals surface area contributed by atoms with Gasteiger partial charge in [0.05, 0.1) is 0 Å². The number of hydrogen-bond donors (Lipinski definition) is 1. The van der Waals surface area contributed by atoms with Crippen molar-refractivity contribution < 1.29 is 4.74 Å². The molecule has 0 radical (unpaired) electrons. The Morgan fingerprint density at radius 3 is 2.86 bits per heavy atom. The van der Waals surface area contributed by atoms with Crippen molar-refractivity contribution in [3.05, 3.63) is 52.0 Å². The number of aryl methyl sites for hydroxylation is 1. The Morgan fingerprint density at radius 2 is 2.05 bits per heavy atom. The van der Waals surface area contributed by atoms with Gasteiger partial charge in [-0.15, -0.1) is 0 Å². The summed E-state index contributed by atoms with van der Waals surface area (Å²) in [5, 5.41) is 4.54. The van der Waals surface area contributed by atoms with Crippen molar-refractivity contribution in [2.75, 3.05) is 13.6 Å². The molecule has 1 aliphatic heterocycles. The molecule has 1 aliphatic rings. The van der Waals surface area contributed by atoms with Crippen molar-refractivity contribution in [1.82, 2.24) is 5.32 Å². The van der Waals surface area contributed by atoms with E-state index in [1.54, 1.807) is 6.07 Å². The molecular weight excluding hydrogens is 305 g/mol. The van der Waals surface area contributed by atoms with Crippen LogP contribution in [0, 0.1) is 0 Å². The molecule has 110 valence electrons. The van der Waals surface area contributed by atoms with Crippen molar-refractivity contribution >= 4 is 23.2 Å². The summed E-state index contributed by atoms with van der Waals surface area (Å²) in [6.45, 7) is 0.844. The minimum atomic E-state index is 0.196. The van der Waals surface area contributed by atoms with Gasteiger partial charge in [0.2, 0.25) is 0 Å². The highest BCUT2D eigenvalue weighted by atomic mass is 35.5. The van der Waals surface area contributed by atoms with Crippen LogP contribution in [0.5, 0.6) is 5.75 Å². The normalized spacial score (nSPS) is 17.2. The van der Waals surface area contributed by atoms with E-state index in [-0.39, 0.29) is 6.10 Å². The molecule has 0 saturated carbocycles. The Morgan fingerprint density at radius 1 is 1.19 bits per heavy atom. The highest BCUT2D eigenvalue weighted by Gasteiger charge is 2.23. The van der Waals surface area contributed by atoms with Gasteiger partial charge in [0, 0.05) is 27.7 Å². The molecular formula is C17H17Cl2NO. The summed E-state index contributed by atoms with van der Waals surface area (Å²) >= 11 is 12.5. The maximum atomic E-state index is 6.34. The van der Waals surface area contributed by atoms with Crippen molar-refractivity contribution in [2.24, 2.45) is 0 Å². The molecule has 3 rings (SSSR count). The van der Waals surface area contributed by atoms with Crippen LogP contribution < -0.4 is 10.1 Å². The largest absolute Gasteiger partial charge is 0.488 e. The average molecular weight is 322 g/mol. The summed E-state index contributed by atoms with van der Waals surface area (Å²) in [4.78, 5) is 0. The molecule has 0 unspecified atom stereocenters. The lowest BCUT2D eigenvalue weighted by Crippen LogP contribution is -2.32. The molecule has 1 N–H and O–H groups in total. The second kappa shape index (κ2) is 6.27. The Bertz CT molecular complexity index is 657. The molecule has 1 heterocycles. The van der Waals surface area contributed by atoms with Crippen LogP contribution in [0.25, 0.3) is 11.1 Å². The van der Waals surface area contributed by atoms with E-state index >= 15 is 0 Å². The molecule has 0 aliphatic carbocycles. The molecule has 4 heteroatoms. The van der Waals surface area contributed by atoms with Crippen molar-refractivity contribution in [3.8, 4) is 16.9 Å². The van der Waals surface area contributed by atoms with E-state index in [9.17, 15) is 0 Å². The fraction of sp³-hybridized carbons (Fsp3) is 0.294. The van der Waals surface area contributed by atoms with Crippen molar-refractivity contribution in [2.45, 2.75) is 18.9 Å². The van der Waals surface area contributed by atoms with Gasteiger partial charge in [-0.25, -0.2) is 0 Å². The van der Waals surface area contributed by atoms with Gasteiger partial charge >= 0.3 is 0 Å². The second-order valence-electron chi connectivity index (χ2n) is 5.25. The zero-order valence-corrected chi connectivity index (χ0v) is 13.3. The Hall–Kier alpha value is -1.22. The number of hydrogen-bond acceptors (Lipinski definition) is 2. The summed E-state index contributed by atoms with van der Waals surface area (Å²) in [5.74, 6) is 0.938. The third-order valence-electron chi connectivity index (χ3n) is 3.77. The molecule has 0 saturated heterocycles. The molecule has 0 aromatic heterocycles. The van der Waals surface area contributed by atoms with Gasteiger partial charge in [0.25, 0.3) is 0 Å². The lowest BCUT2D eigenvalue weighted by Gasteiger charge is -2.28. The van der Waals surface area contributed by atoms with Gasteiger partial charge in [-0.05, 0) is 43.7 Å². The molecule has 2 aromatic rings. The summed E-state index contributed by atoms with van der Waals surface area (Å²) in [7, 11) is 1.94. The highest BCUT2D eigenvalue weighted by molar-refractivity contribution is 6.35. The predicted molar refractivity (Wildman–Crippen MR) is 88.6 cm³/mol. The summed E-state index contributed by atoms with van der Waals surface area (Å²) in [5.41, 5.74) is 3.17. The molecule has 0 amide bonds. The van der Waals surface area contributed by atoms with E-state index in [4.69, 9.17) is 27.9 Å². The van der Waals surface area contributed by atoms with E-state index in [1.165, 1.54) is 5.56 Å². The first-order valence-electron chi connectivity index (χ1n) is 7.07. The summed E-state index contributed by atoms with van der Waals surface area (Å²) < 4.78 is 6.19.